The summed E-state index contributed by atoms with van der Waals surface area (Å²) in [6.07, 6.45) is 7.51. The van der Waals surface area contributed by atoms with Crippen LogP contribution in [-0.2, 0) is 14.3 Å². The lowest BCUT2D eigenvalue weighted by Crippen LogP contribution is -2.49. The van der Waals surface area contributed by atoms with Crippen LogP contribution in [0.4, 0.5) is 8.78 Å². The summed E-state index contributed by atoms with van der Waals surface area (Å²) in [5.41, 5.74) is 8.71. The van der Waals surface area contributed by atoms with Crippen LogP contribution in [0.5, 0.6) is 5.75 Å². The number of allylic oxidation sites excluding steroid dienone is 1. The normalized spacial score (nSPS) is 22.0. The van der Waals surface area contributed by atoms with Crippen LogP contribution in [0.3, 0.4) is 0 Å². The van der Waals surface area contributed by atoms with Crippen molar-refractivity contribution < 1.29 is 27.8 Å². The monoisotopic (exact) mass is 563 g/mol. The second-order valence-electron chi connectivity index (χ2n) is 10.8. The Labute approximate surface area is 238 Å². The number of methoxy groups -OCH3 is 1. The van der Waals surface area contributed by atoms with Crippen molar-refractivity contribution in [3.05, 3.63) is 40.6 Å². The number of carbonyl (C=O) groups is 2. The van der Waals surface area contributed by atoms with Crippen LogP contribution in [0.2, 0.25) is 0 Å². The highest BCUT2D eigenvalue weighted by atomic mass is 19.1. The molecule has 1 heterocycles. The second kappa shape index (κ2) is 16.5. The molecular weight excluding hydrogens is 516 g/mol. The Hall–Kier alpha value is -2.81. The summed E-state index contributed by atoms with van der Waals surface area (Å²) >= 11 is 0. The van der Waals surface area contributed by atoms with E-state index in [2.05, 4.69) is 18.8 Å². The standard InChI is InChI=1S/C16H25N3O3.C15H22F2O/c1-10(20)7-18-14-6-4-5-13(14)15(17)16(21)19-8-11(2)22-12(3)9-19;1-4-6-8-11(7-5-2)13-9-12(16)10-14(17)15(13)18-3/h11-12H,4-9,17H2,1-3H3;9-11H,4-8H2,1-3H3/b15-13-,18-14?;/t11-,12+;. The third kappa shape index (κ3) is 9.68. The predicted octanol–water partition coefficient (Wildman–Crippen LogP) is 6.10. The fourth-order valence-corrected chi connectivity index (χ4v) is 5.40. The molecule has 0 spiro atoms. The van der Waals surface area contributed by atoms with E-state index in [9.17, 15) is 18.4 Å². The number of ether oxygens (including phenoxy) is 2. The number of unbranched alkanes of at least 4 members (excludes halogenated alkanes) is 1. The number of hydrogen-bond donors (Lipinski definition) is 1. The van der Waals surface area contributed by atoms with E-state index >= 15 is 0 Å². The molecule has 1 unspecified atom stereocenters. The molecule has 0 bridgehead atoms. The summed E-state index contributed by atoms with van der Waals surface area (Å²) in [6.45, 7) is 10.9. The van der Waals surface area contributed by atoms with Crippen molar-refractivity contribution in [3.63, 3.8) is 0 Å². The predicted molar refractivity (Wildman–Crippen MR) is 155 cm³/mol. The molecule has 2 N–H and O–H groups in total. The first-order chi connectivity index (χ1) is 19.0. The maximum atomic E-state index is 13.7. The number of nitrogens with two attached hydrogens (primary N) is 1. The molecule has 2 aliphatic rings. The number of nitrogens with zero attached hydrogens (tertiary/aromatic N) is 2. The lowest BCUT2D eigenvalue weighted by atomic mass is 9.89. The van der Waals surface area contributed by atoms with Gasteiger partial charge in [0, 0.05) is 36.0 Å². The van der Waals surface area contributed by atoms with E-state index in [4.69, 9.17) is 15.2 Å². The number of aliphatic imine (C=N–C) groups is 1. The maximum absolute atomic E-state index is 13.7. The molecule has 1 aromatic carbocycles. The van der Waals surface area contributed by atoms with Crippen LogP contribution in [0.15, 0.2) is 28.4 Å². The molecule has 1 saturated heterocycles. The molecule has 1 aliphatic carbocycles. The highest BCUT2D eigenvalue weighted by Crippen LogP contribution is 2.36. The van der Waals surface area contributed by atoms with E-state index in [1.165, 1.54) is 20.1 Å². The number of hydrogen-bond acceptors (Lipinski definition) is 6. The molecule has 7 nitrogen and oxygen atoms in total. The van der Waals surface area contributed by atoms with Crippen LogP contribution in [-0.4, -0.2) is 61.3 Å². The summed E-state index contributed by atoms with van der Waals surface area (Å²) in [4.78, 5) is 29.8. The molecule has 9 heteroatoms. The van der Waals surface area contributed by atoms with Gasteiger partial charge in [-0.25, -0.2) is 8.78 Å². The Morgan fingerprint density at radius 1 is 1.12 bits per heavy atom. The van der Waals surface area contributed by atoms with Gasteiger partial charge in [-0.3, -0.25) is 14.6 Å². The number of benzene rings is 1. The van der Waals surface area contributed by atoms with Gasteiger partial charge in [0.15, 0.2) is 17.3 Å². The van der Waals surface area contributed by atoms with Crippen molar-refractivity contribution >= 4 is 17.4 Å². The molecule has 3 atom stereocenters. The molecule has 3 rings (SSSR count). The molecule has 40 heavy (non-hydrogen) atoms. The number of morpholine rings is 1. The average molecular weight is 564 g/mol. The van der Waals surface area contributed by atoms with Crippen molar-refractivity contribution in [2.24, 2.45) is 10.7 Å². The van der Waals surface area contributed by atoms with Gasteiger partial charge in [0.1, 0.15) is 11.5 Å². The zero-order chi connectivity index (χ0) is 29.8. The molecule has 1 aliphatic heterocycles. The van der Waals surface area contributed by atoms with Gasteiger partial charge in [0.05, 0.1) is 25.9 Å². The lowest BCUT2D eigenvalue weighted by Gasteiger charge is -2.35. The number of ketones is 1. The minimum atomic E-state index is -0.606. The summed E-state index contributed by atoms with van der Waals surface area (Å²) in [7, 11) is 1.43. The van der Waals surface area contributed by atoms with Crippen LogP contribution < -0.4 is 10.5 Å². The molecule has 1 amide bonds. The third-order valence-corrected chi connectivity index (χ3v) is 7.17. The highest BCUT2D eigenvalue weighted by Gasteiger charge is 2.30. The lowest BCUT2D eigenvalue weighted by molar-refractivity contribution is -0.139. The van der Waals surface area contributed by atoms with E-state index in [1.807, 2.05) is 13.8 Å². The minimum Gasteiger partial charge on any atom is -0.493 e. The number of rotatable bonds is 10. The Balaban J connectivity index is 0.000000286. The van der Waals surface area contributed by atoms with Gasteiger partial charge < -0.3 is 20.1 Å². The fourth-order valence-electron chi connectivity index (χ4n) is 5.40. The van der Waals surface area contributed by atoms with Crippen LogP contribution in [0.1, 0.15) is 97.5 Å². The summed E-state index contributed by atoms with van der Waals surface area (Å²) in [5.74, 6) is -0.888. The molecule has 224 valence electrons. The van der Waals surface area contributed by atoms with Crippen molar-refractivity contribution in [3.8, 4) is 5.75 Å². The Morgan fingerprint density at radius 2 is 1.80 bits per heavy atom. The SMILES string of the molecule is CC(=O)CN=C1CCC/C1=C(/N)C(=O)N1C[C@@H](C)O[C@@H](C)C1.CCCCC(CCC)c1cc(F)cc(F)c1OC. The number of Topliss-reactive ketones (excluding diaryl/α,β-unsaturated/α-hetero) is 1. The molecule has 1 saturated carbocycles. The topological polar surface area (TPSA) is 94.2 Å². The van der Waals surface area contributed by atoms with Crippen molar-refractivity contribution in [1.29, 1.82) is 0 Å². The molecule has 2 fully saturated rings. The van der Waals surface area contributed by atoms with Gasteiger partial charge in [0.2, 0.25) is 0 Å². The zero-order valence-electron chi connectivity index (χ0n) is 25.0. The quantitative estimate of drug-likeness (QED) is 0.348. The Kier molecular flexibility index (Phi) is 13.7. The first-order valence-corrected chi connectivity index (χ1v) is 14.5. The maximum Gasteiger partial charge on any atom is 0.270 e. The van der Waals surface area contributed by atoms with E-state index in [1.54, 1.807) is 4.90 Å². The highest BCUT2D eigenvalue weighted by molar-refractivity contribution is 6.09. The van der Waals surface area contributed by atoms with Gasteiger partial charge in [-0.2, -0.15) is 0 Å². The van der Waals surface area contributed by atoms with Crippen LogP contribution >= 0.6 is 0 Å². The van der Waals surface area contributed by atoms with Crippen LogP contribution in [0.25, 0.3) is 0 Å². The van der Waals surface area contributed by atoms with Gasteiger partial charge in [-0.1, -0.05) is 33.1 Å². The van der Waals surface area contributed by atoms with E-state index in [0.717, 1.165) is 68.7 Å². The summed E-state index contributed by atoms with van der Waals surface area (Å²) < 4.78 is 37.8. The zero-order valence-corrected chi connectivity index (χ0v) is 25.0. The summed E-state index contributed by atoms with van der Waals surface area (Å²) in [6, 6.07) is 2.29. The molecular formula is C31H47F2N3O4. The van der Waals surface area contributed by atoms with Gasteiger partial charge >= 0.3 is 0 Å². The molecule has 1 aromatic rings. The van der Waals surface area contributed by atoms with Crippen molar-refractivity contribution in [1.82, 2.24) is 4.90 Å². The molecule has 0 radical (unpaired) electrons. The van der Waals surface area contributed by atoms with Crippen molar-refractivity contribution in [2.75, 3.05) is 26.7 Å². The van der Waals surface area contributed by atoms with E-state index in [0.29, 0.717) is 18.7 Å². The van der Waals surface area contributed by atoms with Gasteiger partial charge in [0.25, 0.3) is 5.91 Å². The largest absolute Gasteiger partial charge is 0.493 e. The molecule has 0 aromatic heterocycles. The minimum absolute atomic E-state index is 0.0134. The number of amides is 1. The van der Waals surface area contributed by atoms with Gasteiger partial charge in [-0.15, -0.1) is 0 Å². The number of halogens is 2. The first-order valence-electron chi connectivity index (χ1n) is 14.5. The second-order valence-corrected chi connectivity index (χ2v) is 10.8. The van der Waals surface area contributed by atoms with E-state index < -0.39 is 11.6 Å². The fraction of sp³-hybridized carbons (Fsp3) is 0.645. The average Bonchev–Trinajstić information content (AvgIpc) is 3.37. The summed E-state index contributed by atoms with van der Waals surface area (Å²) in [5, 5.41) is 0. The smallest absolute Gasteiger partial charge is 0.270 e. The third-order valence-electron chi connectivity index (χ3n) is 7.17. The van der Waals surface area contributed by atoms with Crippen molar-refractivity contribution in [2.45, 2.75) is 104 Å². The first kappa shape index (κ1) is 33.4. The van der Waals surface area contributed by atoms with Gasteiger partial charge in [-0.05, 0) is 64.9 Å². The Bertz CT molecular complexity index is 1060. The van der Waals surface area contributed by atoms with E-state index in [-0.39, 0.29) is 47.8 Å². The Morgan fingerprint density at radius 3 is 2.38 bits per heavy atom. The van der Waals surface area contributed by atoms with Crippen LogP contribution in [0, 0.1) is 11.6 Å². The number of carbonyl (C=O) groups excluding carboxylic acids is 2.